The number of benzene rings is 1. The molecule has 2 N–H and O–H groups in total. The predicted molar refractivity (Wildman–Crippen MR) is 115 cm³/mol. The van der Waals surface area contributed by atoms with Crippen LogP contribution >= 0.6 is 11.3 Å². The maximum absolute atomic E-state index is 13.4. The summed E-state index contributed by atoms with van der Waals surface area (Å²) in [5, 5.41) is 14.4. The molecular weight excluding hydrogens is 400 g/mol. The molecule has 3 heterocycles. The molecule has 1 saturated heterocycles. The number of nitrogens with zero attached hydrogens (tertiary/aromatic N) is 2. The number of likely N-dealkylation sites (N-methyl/N-ethyl adjacent to an activating group) is 1. The quantitative estimate of drug-likeness (QED) is 0.789. The second kappa shape index (κ2) is 6.98. The SMILES string of the molecule is CN1C(=N)N[C@](C)(c2nc(C3=CCCC=C3)cs2)[C@H](c2ccc3c(c2)OCO3)C1=O. The molecule has 7 nitrogen and oxygen atoms in total. The fourth-order valence-electron chi connectivity index (χ4n) is 4.15. The molecular formula is C22H22N4O3S. The zero-order chi connectivity index (χ0) is 20.9. The van der Waals surface area contributed by atoms with Crippen molar-refractivity contribution in [1.29, 1.82) is 5.41 Å². The summed E-state index contributed by atoms with van der Waals surface area (Å²) in [6.45, 7) is 2.12. The molecule has 2 aliphatic heterocycles. The van der Waals surface area contributed by atoms with Gasteiger partial charge in [0.25, 0.3) is 0 Å². The maximum Gasteiger partial charge on any atom is 0.239 e. The molecule has 0 bridgehead atoms. The van der Waals surface area contributed by atoms with E-state index in [1.54, 1.807) is 7.05 Å². The molecule has 30 heavy (non-hydrogen) atoms. The summed E-state index contributed by atoms with van der Waals surface area (Å²) in [6.07, 6.45) is 8.48. The molecule has 2 aromatic rings. The van der Waals surface area contributed by atoms with E-state index in [2.05, 4.69) is 23.5 Å². The molecule has 0 saturated carbocycles. The maximum atomic E-state index is 13.4. The van der Waals surface area contributed by atoms with Gasteiger partial charge in [0.1, 0.15) is 10.5 Å². The lowest BCUT2D eigenvalue weighted by Gasteiger charge is -2.44. The first-order valence-corrected chi connectivity index (χ1v) is 10.7. The number of amides is 1. The lowest BCUT2D eigenvalue weighted by molar-refractivity contribution is -0.131. The number of hydrogen-bond donors (Lipinski definition) is 2. The zero-order valence-corrected chi connectivity index (χ0v) is 17.6. The number of rotatable bonds is 3. The van der Waals surface area contributed by atoms with Crippen LogP contribution in [0.3, 0.4) is 0 Å². The number of guanidine groups is 1. The molecule has 1 aromatic carbocycles. The average Bonchev–Trinajstić information content (AvgIpc) is 3.42. The lowest BCUT2D eigenvalue weighted by atomic mass is 9.78. The average molecular weight is 423 g/mol. The van der Waals surface area contributed by atoms with Crippen LogP contribution in [0.25, 0.3) is 5.57 Å². The van der Waals surface area contributed by atoms with E-state index in [4.69, 9.17) is 19.9 Å². The molecule has 0 unspecified atom stereocenters. The van der Waals surface area contributed by atoms with Gasteiger partial charge in [0.2, 0.25) is 12.7 Å². The van der Waals surface area contributed by atoms with Crippen molar-refractivity contribution in [3.05, 3.63) is 58.1 Å². The van der Waals surface area contributed by atoms with Gasteiger partial charge in [-0.3, -0.25) is 15.1 Å². The number of carbonyl (C=O) groups excluding carboxylic acids is 1. The molecule has 154 valence electrons. The molecule has 2 atom stereocenters. The third kappa shape index (κ3) is 2.90. The standard InChI is InChI=1S/C22H22N4O3S/c1-22(20-24-15(11-30-20)13-6-4-3-5-7-13)18(19(27)26(2)21(23)25-22)14-8-9-16-17(10-14)29-12-28-16/h4,6-11,18H,3,5,12H2,1-2H3,(H2,23,25)/t18-,22+/m1/s1. The van der Waals surface area contributed by atoms with Gasteiger partial charge in [-0.25, -0.2) is 4.98 Å². The highest BCUT2D eigenvalue weighted by molar-refractivity contribution is 7.10. The van der Waals surface area contributed by atoms with Crippen molar-refractivity contribution < 1.29 is 14.3 Å². The van der Waals surface area contributed by atoms with Gasteiger partial charge in [-0.15, -0.1) is 11.3 Å². The number of nitrogens with one attached hydrogen (secondary N) is 2. The predicted octanol–water partition coefficient (Wildman–Crippen LogP) is 3.60. The molecule has 5 rings (SSSR count). The van der Waals surface area contributed by atoms with Crippen LogP contribution < -0.4 is 14.8 Å². The highest BCUT2D eigenvalue weighted by Gasteiger charge is 2.50. The molecule has 1 aromatic heterocycles. The minimum atomic E-state index is -0.865. The monoisotopic (exact) mass is 422 g/mol. The van der Waals surface area contributed by atoms with E-state index >= 15 is 0 Å². The number of fused-ring (bicyclic) bond motifs is 1. The van der Waals surface area contributed by atoms with Crippen LogP contribution in [-0.4, -0.2) is 35.6 Å². The number of thiazole rings is 1. The summed E-state index contributed by atoms with van der Waals surface area (Å²) in [5.41, 5.74) is 1.93. The van der Waals surface area contributed by atoms with E-state index < -0.39 is 11.5 Å². The van der Waals surface area contributed by atoms with E-state index in [-0.39, 0.29) is 18.7 Å². The van der Waals surface area contributed by atoms with E-state index in [0.29, 0.717) is 11.5 Å². The Morgan fingerprint density at radius 1 is 1.30 bits per heavy atom. The minimum Gasteiger partial charge on any atom is -0.454 e. The van der Waals surface area contributed by atoms with Gasteiger partial charge in [-0.05, 0) is 43.0 Å². The smallest absolute Gasteiger partial charge is 0.239 e. The van der Waals surface area contributed by atoms with E-state index in [1.165, 1.54) is 16.2 Å². The van der Waals surface area contributed by atoms with Gasteiger partial charge in [-0.1, -0.05) is 24.3 Å². The Bertz CT molecular complexity index is 1110. The van der Waals surface area contributed by atoms with Gasteiger partial charge in [0.05, 0.1) is 11.6 Å². The molecule has 1 amide bonds. The van der Waals surface area contributed by atoms with Crippen molar-refractivity contribution in [3.63, 3.8) is 0 Å². The Balaban J connectivity index is 1.59. The second-order valence-corrected chi connectivity index (χ2v) is 8.65. The highest BCUT2D eigenvalue weighted by atomic mass is 32.1. The van der Waals surface area contributed by atoms with Crippen LogP contribution in [0.1, 0.15) is 41.9 Å². The largest absolute Gasteiger partial charge is 0.454 e. The molecule has 1 fully saturated rings. The van der Waals surface area contributed by atoms with Crippen LogP contribution in [0.2, 0.25) is 0 Å². The Kier molecular flexibility index (Phi) is 4.39. The van der Waals surface area contributed by atoms with Crippen LogP contribution in [0, 0.1) is 5.41 Å². The van der Waals surface area contributed by atoms with Crippen LogP contribution in [0.15, 0.2) is 41.8 Å². The lowest BCUT2D eigenvalue weighted by Crippen LogP contribution is -2.62. The summed E-state index contributed by atoms with van der Waals surface area (Å²) in [7, 11) is 1.61. The second-order valence-electron chi connectivity index (χ2n) is 7.80. The Hall–Kier alpha value is -3.13. The third-order valence-corrected chi connectivity index (χ3v) is 6.92. The molecule has 8 heteroatoms. The van der Waals surface area contributed by atoms with Crippen molar-refractivity contribution in [3.8, 4) is 11.5 Å². The first-order chi connectivity index (χ1) is 14.5. The summed E-state index contributed by atoms with van der Waals surface area (Å²) in [5.74, 6) is 0.635. The first-order valence-electron chi connectivity index (χ1n) is 9.84. The topological polar surface area (TPSA) is 87.5 Å². The summed E-state index contributed by atoms with van der Waals surface area (Å²) in [6, 6.07) is 5.57. The van der Waals surface area contributed by atoms with Crippen LogP contribution in [0.4, 0.5) is 0 Å². The number of aromatic nitrogens is 1. The van der Waals surface area contributed by atoms with Crippen molar-refractivity contribution in [2.45, 2.75) is 31.2 Å². The van der Waals surface area contributed by atoms with Crippen molar-refractivity contribution in [2.24, 2.45) is 0 Å². The highest BCUT2D eigenvalue weighted by Crippen LogP contribution is 2.45. The Morgan fingerprint density at radius 2 is 2.13 bits per heavy atom. The van der Waals surface area contributed by atoms with E-state index in [0.717, 1.165) is 34.7 Å². The normalized spacial score (nSPS) is 25.3. The Morgan fingerprint density at radius 3 is 2.93 bits per heavy atom. The molecule has 3 aliphatic rings. The van der Waals surface area contributed by atoms with Gasteiger partial charge >= 0.3 is 0 Å². The fraction of sp³-hybridized carbons (Fsp3) is 0.318. The van der Waals surface area contributed by atoms with E-state index in [1.807, 2.05) is 30.5 Å². The number of hydrogen-bond acceptors (Lipinski definition) is 6. The summed E-state index contributed by atoms with van der Waals surface area (Å²) in [4.78, 5) is 19.6. The molecule has 1 aliphatic carbocycles. The van der Waals surface area contributed by atoms with Crippen LogP contribution in [0.5, 0.6) is 11.5 Å². The number of carbonyl (C=O) groups is 1. The van der Waals surface area contributed by atoms with Gasteiger partial charge < -0.3 is 14.8 Å². The van der Waals surface area contributed by atoms with Crippen molar-refractivity contribution >= 4 is 28.8 Å². The Labute approximate surface area is 178 Å². The van der Waals surface area contributed by atoms with E-state index in [9.17, 15) is 4.79 Å². The van der Waals surface area contributed by atoms with Gasteiger partial charge in [0, 0.05) is 12.4 Å². The number of ether oxygens (including phenoxy) is 2. The third-order valence-electron chi connectivity index (χ3n) is 5.84. The first kappa shape index (κ1) is 18.9. The minimum absolute atomic E-state index is 0.0630. The van der Waals surface area contributed by atoms with Crippen molar-refractivity contribution in [1.82, 2.24) is 15.2 Å². The molecule has 0 spiro atoms. The summed E-state index contributed by atoms with van der Waals surface area (Å²) >= 11 is 1.51. The summed E-state index contributed by atoms with van der Waals surface area (Å²) < 4.78 is 11.0. The van der Waals surface area contributed by atoms with Crippen LogP contribution in [-0.2, 0) is 10.3 Å². The van der Waals surface area contributed by atoms with Gasteiger partial charge in [-0.2, -0.15) is 0 Å². The zero-order valence-electron chi connectivity index (χ0n) is 16.8. The number of allylic oxidation sites excluding steroid dienone is 4. The van der Waals surface area contributed by atoms with Gasteiger partial charge in [0.15, 0.2) is 17.5 Å². The fourth-order valence-corrected chi connectivity index (χ4v) is 5.12. The molecule has 0 radical (unpaired) electrons. The van der Waals surface area contributed by atoms with Crippen molar-refractivity contribution in [2.75, 3.05) is 13.8 Å².